The largest absolute Gasteiger partial charge is 0.490 e. The van der Waals surface area contributed by atoms with E-state index in [4.69, 9.17) is 14.2 Å². The third-order valence-electron chi connectivity index (χ3n) is 3.79. The summed E-state index contributed by atoms with van der Waals surface area (Å²) in [5.41, 5.74) is 0.816. The van der Waals surface area contributed by atoms with Gasteiger partial charge in [0, 0.05) is 23.4 Å². The average Bonchev–Trinajstić information content (AvgIpc) is 2.68. The summed E-state index contributed by atoms with van der Waals surface area (Å²) in [7, 11) is 0. The van der Waals surface area contributed by atoms with Gasteiger partial charge in [-0.05, 0) is 45.0 Å². The average molecular weight is 402 g/mol. The number of benzene rings is 2. The van der Waals surface area contributed by atoms with E-state index in [1.54, 1.807) is 18.2 Å². The number of carbonyl (C=O) groups is 2. The molecule has 0 aliphatic heterocycles. The fourth-order valence-corrected chi connectivity index (χ4v) is 2.53. The Morgan fingerprint density at radius 1 is 1.03 bits per heavy atom. The number of hydrogen-bond acceptors (Lipinski definition) is 7. The van der Waals surface area contributed by atoms with Crippen molar-refractivity contribution in [3.8, 4) is 11.5 Å². The fraction of sp³-hybridized carbons (Fsp3) is 0.300. The Kier molecular flexibility index (Phi) is 7.53. The molecule has 154 valence electrons. The summed E-state index contributed by atoms with van der Waals surface area (Å²) in [6.45, 7) is 5.61. The van der Waals surface area contributed by atoms with Crippen molar-refractivity contribution >= 4 is 23.3 Å². The Balaban J connectivity index is 1.97. The van der Waals surface area contributed by atoms with Gasteiger partial charge < -0.3 is 19.5 Å². The highest BCUT2D eigenvalue weighted by Gasteiger charge is 2.16. The van der Waals surface area contributed by atoms with Gasteiger partial charge in [-0.2, -0.15) is 0 Å². The molecule has 9 heteroatoms. The molecule has 29 heavy (non-hydrogen) atoms. The highest BCUT2D eigenvalue weighted by molar-refractivity contribution is 5.95. The van der Waals surface area contributed by atoms with E-state index >= 15 is 0 Å². The number of carbonyl (C=O) groups excluding carboxylic acids is 2. The molecule has 0 aliphatic carbocycles. The summed E-state index contributed by atoms with van der Waals surface area (Å²) >= 11 is 0. The van der Waals surface area contributed by atoms with Gasteiger partial charge in [-0.15, -0.1) is 0 Å². The van der Waals surface area contributed by atoms with E-state index in [9.17, 15) is 19.7 Å². The van der Waals surface area contributed by atoms with E-state index < -0.39 is 23.4 Å². The number of rotatable bonds is 9. The Morgan fingerprint density at radius 2 is 1.72 bits per heavy atom. The Labute approximate surface area is 167 Å². The van der Waals surface area contributed by atoms with Crippen LogP contribution in [0.25, 0.3) is 0 Å². The van der Waals surface area contributed by atoms with E-state index in [2.05, 4.69) is 5.32 Å². The van der Waals surface area contributed by atoms with Crippen LogP contribution in [0.3, 0.4) is 0 Å². The molecule has 0 fully saturated rings. The minimum Gasteiger partial charge on any atom is -0.490 e. The summed E-state index contributed by atoms with van der Waals surface area (Å²) in [4.78, 5) is 34.5. The maximum atomic E-state index is 12.1. The van der Waals surface area contributed by atoms with Crippen LogP contribution in [0.2, 0.25) is 0 Å². The molecule has 0 saturated heterocycles. The summed E-state index contributed by atoms with van der Waals surface area (Å²) in [5.74, 6) is -0.235. The van der Waals surface area contributed by atoms with Gasteiger partial charge in [0.25, 0.3) is 11.6 Å². The topological polar surface area (TPSA) is 117 Å². The summed E-state index contributed by atoms with van der Waals surface area (Å²) in [6.07, 6.45) is 0. The molecule has 2 aromatic carbocycles. The van der Waals surface area contributed by atoms with Gasteiger partial charge in [0.1, 0.15) is 0 Å². The van der Waals surface area contributed by atoms with Crippen LogP contribution in [0.1, 0.15) is 29.8 Å². The normalized spacial score (nSPS) is 10.2. The van der Waals surface area contributed by atoms with Crippen LogP contribution in [0.4, 0.5) is 11.4 Å². The first-order valence-electron chi connectivity index (χ1n) is 8.97. The van der Waals surface area contributed by atoms with Crippen LogP contribution in [0, 0.1) is 17.0 Å². The van der Waals surface area contributed by atoms with Crippen molar-refractivity contribution < 1.29 is 28.7 Å². The van der Waals surface area contributed by atoms with E-state index in [1.165, 1.54) is 25.1 Å². The van der Waals surface area contributed by atoms with Crippen LogP contribution in [0.5, 0.6) is 11.5 Å². The highest BCUT2D eigenvalue weighted by Crippen LogP contribution is 2.30. The molecule has 2 rings (SSSR count). The molecule has 1 amide bonds. The van der Waals surface area contributed by atoms with E-state index in [0.717, 1.165) is 0 Å². The lowest BCUT2D eigenvalue weighted by Crippen LogP contribution is -2.21. The van der Waals surface area contributed by atoms with Crippen molar-refractivity contribution in [3.63, 3.8) is 0 Å². The Hall–Kier alpha value is -3.62. The maximum absolute atomic E-state index is 12.1. The van der Waals surface area contributed by atoms with Gasteiger partial charge >= 0.3 is 5.97 Å². The SMILES string of the molecule is CCOc1ccc(NC(=O)COC(=O)c2ccc([N+](=O)[O-])c(C)c2)cc1OCC. The maximum Gasteiger partial charge on any atom is 0.338 e. The number of aryl methyl sites for hydroxylation is 1. The second-order valence-electron chi connectivity index (χ2n) is 5.91. The van der Waals surface area contributed by atoms with Gasteiger partial charge in [-0.3, -0.25) is 14.9 Å². The number of nitro benzene ring substituents is 1. The van der Waals surface area contributed by atoms with Gasteiger partial charge in [-0.1, -0.05) is 0 Å². The fourth-order valence-electron chi connectivity index (χ4n) is 2.53. The summed E-state index contributed by atoms with van der Waals surface area (Å²) in [6, 6.07) is 8.79. The van der Waals surface area contributed by atoms with Crippen molar-refractivity contribution in [2.75, 3.05) is 25.1 Å². The van der Waals surface area contributed by atoms with Crippen molar-refractivity contribution in [2.24, 2.45) is 0 Å². The molecule has 0 radical (unpaired) electrons. The molecular weight excluding hydrogens is 380 g/mol. The molecule has 2 aromatic rings. The van der Waals surface area contributed by atoms with Crippen molar-refractivity contribution in [2.45, 2.75) is 20.8 Å². The summed E-state index contributed by atoms with van der Waals surface area (Å²) in [5, 5.41) is 13.4. The quantitative estimate of drug-likeness (QED) is 0.387. The van der Waals surface area contributed by atoms with Crippen LogP contribution in [-0.2, 0) is 9.53 Å². The Bertz CT molecular complexity index is 912. The first-order chi connectivity index (χ1) is 13.8. The molecule has 9 nitrogen and oxygen atoms in total. The first-order valence-corrected chi connectivity index (χ1v) is 8.97. The van der Waals surface area contributed by atoms with Crippen molar-refractivity contribution in [3.05, 3.63) is 57.6 Å². The van der Waals surface area contributed by atoms with Crippen LogP contribution in [0.15, 0.2) is 36.4 Å². The number of anilines is 1. The molecule has 1 N–H and O–H groups in total. The molecular formula is C20H22N2O7. The van der Waals surface area contributed by atoms with Gasteiger partial charge in [0.05, 0.1) is 23.7 Å². The highest BCUT2D eigenvalue weighted by atomic mass is 16.6. The van der Waals surface area contributed by atoms with E-state index in [0.29, 0.717) is 36.0 Å². The van der Waals surface area contributed by atoms with Crippen LogP contribution < -0.4 is 14.8 Å². The number of hydrogen-bond donors (Lipinski definition) is 1. The van der Waals surface area contributed by atoms with Crippen molar-refractivity contribution in [1.82, 2.24) is 0 Å². The minimum atomic E-state index is -0.750. The molecule has 0 unspecified atom stereocenters. The number of nitrogens with one attached hydrogen (secondary N) is 1. The zero-order chi connectivity index (χ0) is 21.4. The predicted molar refractivity (Wildman–Crippen MR) is 106 cm³/mol. The number of nitrogens with zero attached hydrogens (tertiary/aromatic N) is 1. The van der Waals surface area contributed by atoms with E-state index in [1.807, 2.05) is 13.8 Å². The monoisotopic (exact) mass is 402 g/mol. The zero-order valence-corrected chi connectivity index (χ0v) is 16.4. The third kappa shape index (κ3) is 5.93. The molecule has 0 bridgehead atoms. The number of nitro groups is 1. The lowest BCUT2D eigenvalue weighted by molar-refractivity contribution is -0.385. The van der Waals surface area contributed by atoms with Gasteiger partial charge in [0.15, 0.2) is 18.1 Å². The van der Waals surface area contributed by atoms with E-state index in [-0.39, 0.29) is 11.3 Å². The molecule has 0 spiro atoms. The zero-order valence-electron chi connectivity index (χ0n) is 16.4. The van der Waals surface area contributed by atoms with Gasteiger partial charge in [0.2, 0.25) is 0 Å². The smallest absolute Gasteiger partial charge is 0.338 e. The molecule has 0 atom stereocenters. The number of amides is 1. The Morgan fingerprint density at radius 3 is 2.34 bits per heavy atom. The number of esters is 1. The lowest BCUT2D eigenvalue weighted by atomic mass is 10.1. The van der Waals surface area contributed by atoms with Gasteiger partial charge in [-0.25, -0.2) is 4.79 Å². The number of ether oxygens (including phenoxy) is 3. The lowest BCUT2D eigenvalue weighted by Gasteiger charge is -2.13. The second-order valence-corrected chi connectivity index (χ2v) is 5.91. The predicted octanol–water partition coefficient (Wildman–Crippen LogP) is 3.50. The minimum absolute atomic E-state index is 0.0973. The molecule has 0 aliphatic rings. The second kappa shape index (κ2) is 10.1. The van der Waals surface area contributed by atoms with Crippen molar-refractivity contribution in [1.29, 1.82) is 0 Å². The van der Waals surface area contributed by atoms with Crippen LogP contribution >= 0.6 is 0 Å². The molecule has 0 heterocycles. The molecule has 0 aromatic heterocycles. The first kappa shape index (κ1) is 21.7. The molecule has 0 saturated carbocycles. The summed E-state index contributed by atoms with van der Waals surface area (Å²) < 4.78 is 15.9. The standard InChI is InChI=1S/C20H22N2O7/c1-4-27-17-9-7-15(11-18(17)28-5-2)21-19(23)12-29-20(24)14-6-8-16(22(25)26)13(3)10-14/h6-11H,4-5,12H2,1-3H3,(H,21,23). The third-order valence-corrected chi connectivity index (χ3v) is 3.79. The van der Waals surface area contributed by atoms with Crippen LogP contribution in [-0.4, -0.2) is 36.6 Å².